The summed E-state index contributed by atoms with van der Waals surface area (Å²) in [6.45, 7) is 2.70. The number of rotatable bonds is 3. The van der Waals surface area contributed by atoms with Crippen molar-refractivity contribution in [3.8, 4) is 0 Å². The number of H-pyrrole nitrogens is 1. The zero-order chi connectivity index (χ0) is 20.7. The number of anilines is 1. The number of non-ortho nitro benzene ring substituents is 1. The first-order chi connectivity index (χ1) is 14.6. The average molecular weight is 404 g/mol. The van der Waals surface area contributed by atoms with Gasteiger partial charge in [-0.1, -0.05) is 0 Å². The molecule has 0 saturated carbocycles. The standard InChI is InChI=1S/C23H24N4O3/c28-23(16-5-10-22-20(15-16)19-3-1-2-4-21(19)24-22)26-13-11-25(12-14-26)17-6-8-18(9-7-17)27(29)30/h5-10,15,24H,1-4,11-14H2. The highest BCUT2D eigenvalue weighted by Crippen LogP contribution is 2.30. The van der Waals surface area contributed by atoms with Gasteiger partial charge in [-0.2, -0.15) is 0 Å². The Balaban J connectivity index is 1.29. The second kappa shape index (κ2) is 7.48. The van der Waals surface area contributed by atoms with Crippen molar-refractivity contribution in [2.24, 2.45) is 0 Å². The lowest BCUT2D eigenvalue weighted by molar-refractivity contribution is -0.384. The van der Waals surface area contributed by atoms with Gasteiger partial charge in [-0.15, -0.1) is 0 Å². The molecule has 1 saturated heterocycles. The first-order valence-corrected chi connectivity index (χ1v) is 10.5. The fraction of sp³-hybridized carbons (Fsp3) is 0.348. The van der Waals surface area contributed by atoms with Crippen LogP contribution in [0.15, 0.2) is 42.5 Å². The number of aryl methyl sites for hydroxylation is 2. The summed E-state index contributed by atoms with van der Waals surface area (Å²) in [5, 5.41) is 12.0. The Bertz CT molecular complexity index is 1110. The molecule has 7 heteroatoms. The van der Waals surface area contributed by atoms with Crippen molar-refractivity contribution in [3.63, 3.8) is 0 Å². The van der Waals surface area contributed by atoms with Gasteiger partial charge >= 0.3 is 0 Å². The Labute approximate surface area is 174 Å². The largest absolute Gasteiger partial charge is 0.368 e. The molecule has 1 aliphatic carbocycles. The number of hydrogen-bond acceptors (Lipinski definition) is 4. The summed E-state index contributed by atoms with van der Waals surface area (Å²) in [4.78, 5) is 31.2. The van der Waals surface area contributed by atoms with Crippen LogP contribution in [-0.2, 0) is 12.8 Å². The number of nitro groups is 1. The van der Waals surface area contributed by atoms with Gasteiger partial charge in [-0.3, -0.25) is 14.9 Å². The van der Waals surface area contributed by atoms with Crippen LogP contribution in [0.5, 0.6) is 0 Å². The maximum atomic E-state index is 13.1. The summed E-state index contributed by atoms with van der Waals surface area (Å²) >= 11 is 0. The van der Waals surface area contributed by atoms with E-state index in [9.17, 15) is 14.9 Å². The van der Waals surface area contributed by atoms with Crippen molar-refractivity contribution in [1.82, 2.24) is 9.88 Å². The minimum absolute atomic E-state index is 0.0750. The molecule has 0 atom stereocenters. The summed E-state index contributed by atoms with van der Waals surface area (Å²) in [5.41, 5.74) is 5.63. The fourth-order valence-corrected chi connectivity index (χ4v) is 4.67. The van der Waals surface area contributed by atoms with E-state index in [0.29, 0.717) is 26.2 Å². The van der Waals surface area contributed by atoms with E-state index in [1.807, 2.05) is 17.0 Å². The second-order valence-electron chi connectivity index (χ2n) is 8.10. The summed E-state index contributed by atoms with van der Waals surface area (Å²) in [6, 6.07) is 12.6. The summed E-state index contributed by atoms with van der Waals surface area (Å²) in [7, 11) is 0. The maximum Gasteiger partial charge on any atom is 0.269 e. The van der Waals surface area contributed by atoms with Crippen LogP contribution in [0, 0.1) is 10.1 Å². The molecule has 3 aromatic rings. The highest BCUT2D eigenvalue weighted by atomic mass is 16.6. The second-order valence-corrected chi connectivity index (χ2v) is 8.10. The number of nitro benzene ring substituents is 1. The van der Waals surface area contributed by atoms with E-state index in [1.165, 1.54) is 41.6 Å². The molecule has 0 unspecified atom stereocenters. The number of aromatic amines is 1. The zero-order valence-electron chi connectivity index (χ0n) is 16.8. The first kappa shape index (κ1) is 18.7. The SMILES string of the molecule is O=C(c1ccc2[nH]c3c(c2c1)CCCC3)N1CCN(c2ccc([N+](=O)[O-])cc2)CC1. The Hall–Kier alpha value is -3.35. The van der Waals surface area contributed by atoms with Gasteiger partial charge in [0.15, 0.2) is 0 Å². The van der Waals surface area contributed by atoms with Crippen molar-refractivity contribution in [2.75, 3.05) is 31.1 Å². The number of hydrogen-bond donors (Lipinski definition) is 1. The molecule has 1 N–H and O–H groups in total. The molecule has 1 fully saturated rings. The van der Waals surface area contributed by atoms with Gasteiger partial charge < -0.3 is 14.8 Å². The third-order valence-corrected chi connectivity index (χ3v) is 6.34. The lowest BCUT2D eigenvalue weighted by Gasteiger charge is -2.36. The number of nitrogens with one attached hydrogen (secondary N) is 1. The predicted octanol–water partition coefficient (Wildman–Crippen LogP) is 3.92. The third-order valence-electron chi connectivity index (χ3n) is 6.34. The number of aromatic nitrogens is 1. The predicted molar refractivity (Wildman–Crippen MR) is 116 cm³/mol. The van der Waals surface area contributed by atoms with Crippen LogP contribution < -0.4 is 4.90 Å². The van der Waals surface area contributed by atoms with Crippen molar-refractivity contribution >= 4 is 28.2 Å². The van der Waals surface area contributed by atoms with E-state index in [-0.39, 0.29) is 11.6 Å². The van der Waals surface area contributed by atoms with Crippen LogP contribution in [-0.4, -0.2) is 46.9 Å². The van der Waals surface area contributed by atoms with E-state index in [1.54, 1.807) is 12.1 Å². The molecule has 1 aromatic heterocycles. The number of carbonyl (C=O) groups is 1. The number of benzene rings is 2. The average Bonchev–Trinajstić information content (AvgIpc) is 3.17. The van der Waals surface area contributed by atoms with Gasteiger partial charge in [0.1, 0.15) is 0 Å². The van der Waals surface area contributed by atoms with Gasteiger partial charge in [-0.05, 0) is 61.6 Å². The Morgan fingerprint density at radius 1 is 0.967 bits per heavy atom. The van der Waals surface area contributed by atoms with E-state index in [4.69, 9.17) is 0 Å². The fourth-order valence-electron chi connectivity index (χ4n) is 4.67. The molecular formula is C23H24N4O3. The minimum atomic E-state index is -0.390. The smallest absolute Gasteiger partial charge is 0.269 e. The minimum Gasteiger partial charge on any atom is -0.368 e. The Morgan fingerprint density at radius 3 is 2.43 bits per heavy atom. The van der Waals surface area contributed by atoms with Gasteiger partial charge in [0.25, 0.3) is 11.6 Å². The topological polar surface area (TPSA) is 82.5 Å². The highest BCUT2D eigenvalue weighted by Gasteiger charge is 2.24. The molecule has 7 nitrogen and oxygen atoms in total. The first-order valence-electron chi connectivity index (χ1n) is 10.5. The number of carbonyl (C=O) groups excluding carboxylic acids is 1. The van der Waals surface area contributed by atoms with E-state index < -0.39 is 4.92 Å². The van der Waals surface area contributed by atoms with E-state index in [0.717, 1.165) is 29.6 Å². The van der Waals surface area contributed by atoms with Crippen molar-refractivity contribution in [1.29, 1.82) is 0 Å². The third kappa shape index (κ3) is 3.30. The number of amides is 1. The maximum absolute atomic E-state index is 13.1. The lowest BCUT2D eigenvalue weighted by Crippen LogP contribution is -2.48. The molecular weight excluding hydrogens is 380 g/mol. The van der Waals surface area contributed by atoms with Crippen LogP contribution >= 0.6 is 0 Å². The monoisotopic (exact) mass is 404 g/mol. The number of fused-ring (bicyclic) bond motifs is 3. The Morgan fingerprint density at radius 2 is 1.70 bits per heavy atom. The normalized spacial score (nSPS) is 16.5. The van der Waals surface area contributed by atoms with Crippen molar-refractivity contribution in [2.45, 2.75) is 25.7 Å². The quantitative estimate of drug-likeness (QED) is 0.530. The summed E-state index contributed by atoms with van der Waals surface area (Å²) < 4.78 is 0. The highest BCUT2D eigenvalue weighted by molar-refractivity contribution is 5.99. The molecule has 2 heterocycles. The van der Waals surface area contributed by atoms with Crippen molar-refractivity contribution in [3.05, 3.63) is 69.4 Å². The van der Waals surface area contributed by atoms with Crippen LogP contribution in [0.2, 0.25) is 0 Å². The molecule has 0 radical (unpaired) electrons. The number of nitrogens with zero attached hydrogens (tertiary/aromatic N) is 3. The summed E-state index contributed by atoms with van der Waals surface area (Å²) in [5.74, 6) is 0.0750. The molecule has 2 aliphatic rings. The number of piperazine rings is 1. The molecule has 0 bridgehead atoms. The van der Waals surface area contributed by atoms with Gasteiger partial charge in [0.05, 0.1) is 4.92 Å². The molecule has 1 amide bonds. The van der Waals surface area contributed by atoms with Crippen LogP contribution in [0.1, 0.15) is 34.5 Å². The zero-order valence-corrected chi connectivity index (χ0v) is 16.8. The molecule has 0 spiro atoms. The molecule has 30 heavy (non-hydrogen) atoms. The molecule has 154 valence electrons. The van der Waals surface area contributed by atoms with Crippen molar-refractivity contribution < 1.29 is 9.72 Å². The lowest BCUT2D eigenvalue weighted by atomic mass is 9.95. The molecule has 1 aliphatic heterocycles. The van der Waals surface area contributed by atoms with Crippen LogP contribution in [0.4, 0.5) is 11.4 Å². The van der Waals surface area contributed by atoms with Crippen LogP contribution in [0.25, 0.3) is 10.9 Å². The Kier molecular flexibility index (Phi) is 4.65. The summed E-state index contributed by atoms with van der Waals surface area (Å²) in [6.07, 6.45) is 4.62. The van der Waals surface area contributed by atoms with E-state index >= 15 is 0 Å². The van der Waals surface area contributed by atoms with Gasteiger partial charge in [-0.25, -0.2) is 0 Å². The van der Waals surface area contributed by atoms with Crippen LogP contribution in [0.3, 0.4) is 0 Å². The van der Waals surface area contributed by atoms with E-state index in [2.05, 4.69) is 16.0 Å². The molecule has 5 rings (SSSR count). The van der Waals surface area contributed by atoms with Gasteiger partial charge in [0.2, 0.25) is 0 Å². The molecule has 2 aromatic carbocycles. The van der Waals surface area contributed by atoms with Gasteiger partial charge in [0, 0.05) is 66.2 Å².